The predicted octanol–water partition coefficient (Wildman–Crippen LogP) is 2.83. The lowest BCUT2D eigenvalue weighted by molar-refractivity contribution is -0.142. The van der Waals surface area contributed by atoms with Crippen molar-refractivity contribution in [3.8, 4) is 11.8 Å². The fourth-order valence-electron chi connectivity index (χ4n) is 1.84. The highest BCUT2D eigenvalue weighted by Crippen LogP contribution is 2.14. The van der Waals surface area contributed by atoms with Crippen LogP contribution in [0.2, 0.25) is 5.02 Å². The molecule has 132 valence electrons. The number of carbonyl (C=O) groups excluding carboxylic acids is 2. The molecular formula is C18H14ClN3O4. The lowest BCUT2D eigenvalue weighted by Crippen LogP contribution is -2.21. The Morgan fingerprint density at radius 3 is 2.58 bits per heavy atom. The van der Waals surface area contributed by atoms with Gasteiger partial charge in [-0.2, -0.15) is 5.26 Å². The van der Waals surface area contributed by atoms with Crippen molar-refractivity contribution in [3.05, 3.63) is 58.8 Å². The van der Waals surface area contributed by atoms with Gasteiger partial charge in [-0.1, -0.05) is 23.7 Å². The largest absolute Gasteiger partial charge is 0.497 e. The molecule has 0 spiro atoms. The number of halogens is 1. The van der Waals surface area contributed by atoms with Crippen LogP contribution < -0.4 is 10.1 Å². The van der Waals surface area contributed by atoms with E-state index >= 15 is 0 Å². The van der Waals surface area contributed by atoms with E-state index in [4.69, 9.17) is 26.3 Å². The van der Waals surface area contributed by atoms with Crippen LogP contribution in [0.15, 0.2) is 48.2 Å². The molecule has 1 heterocycles. The van der Waals surface area contributed by atoms with Gasteiger partial charge in [0, 0.05) is 6.20 Å². The minimum absolute atomic E-state index is 0.229. The first kappa shape index (κ1) is 19.0. The molecule has 2 aromatic rings. The number of amides is 1. The molecule has 0 unspecified atom stereocenters. The number of aromatic nitrogens is 1. The predicted molar refractivity (Wildman–Crippen MR) is 95.4 cm³/mol. The van der Waals surface area contributed by atoms with Gasteiger partial charge in [0.2, 0.25) is 0 Å². The number of anilines is 1. The van der Waals surface area contributed by atoms with E-state index in [2.05, 4.69) is 10.3 Å². The van der Waals surface area contributed by atoms with Gasteiger partial charge in [0.05, 0.1) is 12.1 Å². The van der Waals surface area contributed by atoms with Crippen molar-refractivity contribution in [3.63, 3.8) is 0 Å². The van der Waals surface area contributed by atoms with Crippen molar-refractivity contribution < 1.29 is 19.1 Å². The van der Waals surface area contributed by atoms with Gasteiger partial charge in [-0.05, 0) is 35.9 Å². The number of hydrogen-bond donors (Lipinski definition) is 1. The Morgan fingerprint density at radius 2 is 2.00 bits per heavy atom. The number of nitrogens with one attached hydrogen (secondary N) is 1. The maximum absolute atomic E-state index is 12.0. The highest BCUT2D eigenvalue weighted by Gasteiger charge is 2.13. The second-order valence-corrected chi connectivity index (χ2v) is 5.37. The summed E-state index contributed by atoms with van der Waals surface area (Å²) in [6.07, 6.45) is 2.73. The van der Waals surface area contributed by atoms with E-state index in [0.29, 0.717) is 16.3 Å². The Hall–Kier alpha value is -3.37. The molecule has 26 heavy (non-hydrogen) atoms. The Labute approximate surface area is 154 Å². The minimum Gasteiger partial charge on any atom is -0.497 e. The highest BCUT2D eigenvalue weighted by atomic mass is 35.5. The number of benzene rings is 1. The lowest BCUT2D eigenvalue weighted by atomic mass is 10.1. The second-order valence-electron chi connectivity index (χ2n) is 4.93. The van der Waals surface area contributed by atoms with E-state index in [1.54, 1.807) is 36.4 Å². The lowest BCUT2D eigenvalue weighted by Gasteiger charge is -2.06. The molecular weight excluding hydrogens is 358 g/mol. The number of rotatable bonds is 6. The van der Waals surface area contributed by atoms with E-state index in [9.17, 15) is 9.59 Å². The normalized spacial score (nSPS) is 10.6. The summed E-state index contributed by atoms with van der Waals surface area (Å²) in [7, 11) is 1.54. The number of ether oxygens (including phenoxy) is 2. The first-order valence-electron chi connectivity index (χ1n) is 7.36. The third kappa shape index (κ3) is 5.61. The number of nitriles is 1. The summed E-state index contributed by atoms with van der Waals surface area (Å²) in [4.78, 5) is 27.6. The molecule has 8 heteroatoms. The monoisotopic (exact) mass is 371 g/mol. The van der Waals surface area contributed by atoms with Crippen LogP contribution >= 0.6 is 11.6 Å². The standard InChI is InChI=1S/C18H14ClN3O4/c1-25-15-5-2-12(3-6-15)8-13(9-20)18(24)26-11-17(23)22-16-7-4-14(19)10-21-16/h2-8,10H,11H2,1H3,(H,21,22,23)/b13-8+. The van der Waals surface area contributed by atoms with Gasteiger partial charge < -0.3 is 14.8 Å². The molecule has 7 nitrogen and oxygen atoms in total. The molecule has 1 aromatic carbocycles. The van der Waals surface area contributed by atoms with Gasteiger partial charge in [0.15, 0.2) is 6.61 Å². The maximum Gasteiger partial charge on any atom is 0.349 e. The minimum atomic E-state index is -0.900. The summed E-state index contributed by atoms with van der Waals surface area (Å²) in [6, 6.07) is 11.6. The zero-order valence-corrected chi connectivity index (χ0v) is 14.5. The molecule has 0 aliphatic rings. The Balaban J connectivity index is 1.93. The van der Waals surface area contributed by atoms with E-state index in [1.165, 1.54) is 25.4 Å². The Morgan fingerprint density at radius 1 is 1.27 bits per heavy atom. The first-order valence-corrected chi connectivity index (χ1v) is 7.74. The SMILES string of the molecule is COc1ccc(/C=C(\C#N)C(=O)OCC(=O)Nc2ccc(Cl)cn2)cc1. The molecule has 0 aliphatic carbocycles. The van der Waals surface area contributed by atoms with Crippen LogP contribution in [0.25, 0.3) is 6.08 Å². The van der Waals surface area contributed by atoms with Gasteiger partial charge in [-0.15, -0.1) is 0 Å². The zero-order valence-electron chi connectivity index (χ0n) is 13.7. The van der Waals surface area contributed by atoms with Crippen LogP contribution in [-0.4, -0.2) is 30.6 Å². The van der Waals surface area contributed by atoms with Gasteiger partial charge in [0.1, 0.15) is 23.2 Å². The molecule has 0 aliphatic heterocycles. The van der Waals surface area contributed by atoms with Crippen LogP contribution in [0.3, 0.4) is 0 Å². The average Bonchev–Trinajstić information content (AvgIpc) is 2.66. The fourth-order valence-corrected chi connectivity index (χ4v) is 1.95. The van der Waals surface area contributed by atoms with E-state index < -0.39 is 18.5 Å². The summed E-state index contributed by atoms with van der Waals surface area (Å²) in [5.41, 5.74) is 0.390. The maximum atomic E-state index is 12.0. The van der Waals surface area contributed by atoms with Crippen LogP contribution in [0, 0.1) is 11.3 Å². The molecule has 0 fully saturated rings. The van der Waals surface area contributed by atoms with Crippen LogP contribution in [0.1, 0.15) is 5.56 Å². The van der Waals surface area contributed by atoms with Crippen molar-refractivity contribution in [1.82, 2.24) is 4.98 Å². The summed E-state index contributed by atoms with van der Waals surface area (Å²) < 4.78 is 9.88. The average molecular weight is 372 g/mol. The van der Waals surface area contributed by atoms with Crippen LogP contribution in [0.5, 0.6) is 5.75 Å². The van der Waals surface area contributed by atoms with E-state index in [-0.39, 0.29) is 11.4 Å². The Kier molecular flexibility index (Phi) is 6.71. The molecule has 0 saturated heterocycles. The molecule has 1 amide bonds. The van der Waals surface area contributed by atoms with E-state index in [0.717, 1.165) is 0 Å². The third-order valence-corrected chi connectivity index (χ3v) is 3.32. The Bertz CT molecular complexity index is 856. The fraction of sp³-hybridized carbons (Fsp3) is 0.111. The van der Waals surface area contributed by atoms with Crippen molar-refractivity contribution in [2.45, 2.75) is 0 Å². The molecule has 2 rings (SSSR count). The van der Waals surface area contributed by atoms with Crippen LogP contribution in [0.4, 0.5) is 5.82 Å². The number of hydrogen-bond acceptors (Lipinski definition) is 6. The van der Waals surface area contributed by atoms with E-state index in [1.807, 2.05) is 0 Å². The van der Waals surface area contributed by atoms with Crippen molar-refractivity contribution in [2.24, 2.45) is 0 Å². The van der Waals surface area contributed by atoms with Gasteiger partial charge >= 0.3 is 5.97 Å². The molecule has 1 N–H and O–H groups in total. The summed E-state index contributed by atoms with van der Waals surface area (Å²) in [5, 5.41) is 12.0. The van der Waals surface area contributed by atoms with Crippen molar-refractivity contribution in [1.29, 1.82) is 5.26 Å². The highest BCUT2D eigenvalue weighted by molar-refractivity contribution is 6.30. The molecule has 0 radical (unpaired) electrons. The number of pyridine rings is 1. The molecule has 0 bridgehead atoms. The zero-order chi connectivity index (χ0) is 18.9. The number of methoxy groups -OCH3 is 1. The summed E-state index contributed by atoms with van der Waals surface area (Å²) >= 11 is 5.70. The quantitative estimate of drug-likeness (QED) is 0.476. The second kappa shape index (κ2) is 9.20. The topological polar surface area (TPSA) is 101 Å². The molecule has 0 saturated carbocycles. The van der Waals surface area contributed by atoms with Gasteiger partial charge in [-0.25, -0.2) is 9.78 Å². The van der Waals surface area contributed by atoms with Gasteiger partial charge in [0.25, 0.3) is 5.91 Å². The first-order chi connectivity index (χ1) is 12.5. The van der Waals surface area contributed by atoms with Gasteiger partial charge in [-0.3, -0.25) is 4.79 Å². The summed E-state index contributed by atoms with van der Waals surface area (Å²) in [5.74, 6) is -0.571. The van der Waals surface area contributed by atoms with Crippen LogP contribution in [-0.2, 0) is 14.3 Å². The molecule has 1 aromatic heterocycles. The van der Waals surface area contributed by atoms with Crippen molar-refractivity contribution in [2.75, 3.05) is 19.0 Å². The number of esters is 1. The molecule has 0 atom stereocenters. The summed E-state index contributed by atoms with van der Waals surface area (Å²) in [6.45, 7) is -0.551. The third-order valence-electron chi connectivity index (χ3n) is 3.10. The number of carbonyl (C=O) groups is 2. The van der Waals surface area contributed by atoms with Crippen molar-refractivity contribution >= 4 is 35.4 Å². The number of nitrogens with zero attached hydrogens (tertiary/aromatic N) is 2. The smallest absolute Gasteiger partial charge is 0.349 e.